The quantitative estimate of drug-likeness (QED) is 0.236. The topological polar surface area (TPSA) is 25.2 Å². The molecule has 0 aliphatic rings. The van der Waals surface area contributed by atoms with Gasteiger partial charge < -0.3 is 9.73 Å². The SMILES string of the molecule is c1ccc(-c2ccc(Nc3cc(-c4ccc(-c5ccccc5)cc4)c4c(c3)oc3c5ccccc5ccc34)cc2)cc1. The molecule has 1 heterocycles. The molecule has 0 aliphatic heterocycles. The van der Waals surface area contributed by atoms with E-state index in [9.17, 15) is 0 Å². The maximum atomic E-state index is 6.64. The molecule has 8 aromatic rings. The highest BCUT2D eigenvalue weighted by Crippen LogP contribution is 2.42. The van der Waals surface area contributed by atoms with Crippen LogP contribution in [0, 0.1) is 0 Å². The first-order valence-corrected chi connectivity index (χ1v) is 14.3. The fourth-order valence-electron chi connectivity index (χ4n) is 5.95. The molecule has 2 heteroatoms. The molecule has 0 saturated carbocycles. The summed E-state index contributed by atoms with van der Waals surface area (Å²) in [7, 11) is 0. The molecule has 0 atom stereocenters. The summed E-state index contributed by atoms with van der Waals surface area (Å²) in [5, 5.41) is 8.21. The van der Waals surface area contributed by atoms with Gasteiger partial charge in [0, 0.05) is 33.6 Å². The number of anilines is 2. The van der Waals surface area contributed by atoms with Crippen LogP contribution < -0.4 is 5.32 Å². The van der Waals surface area contributed by atoms with Gasteiger partial charge in [0.05, 0.1) is 0 Å². The Morgan fingerprint density at radius 3 is 1.67 bits per heavy atom. The Hall–Kier alpha value is -5.60. The van der Waals surface area contributed by atoms with Crippen LogP contribution in [0.2, 0.25) is 0 Å². The molecule has 0 bridgehead atoms. The van der Waals surface area contributed by atoms with Crippen LogP contribution in [-0.4, -0.2) is 0 Å². The predicted molar refractivity (Wildman–Crippen MR) is 177 cm³/mol. The van der Waals surface area contributed by atoms with Crippen molar-refractivity contribution in [3.05, 3.63) is 158 Å². The number of fused-ring (bicyclic) bond motifs is 5. The Kier molecular flexibility index (Phi) is 5.82. The molecule has 0 amide bonds. The third kappa shape index (κ3) is 4.31. The first kappa shape index (κ1) is 24.2. The van der Waals surface area contributed by atoms with Crippen molar-refractivity contribution in [3.8, 4) is 33.4 Å². The minimum Gasteiger partial charge on any atom is -0.455 e. The lowest BCUT2D eigenvalue weighted by Gasteiger charge is -2.12. The first-order chi connectivity index (χ1) is 20.8. The zero-order valence-electron chi connectivity index (χ0n) is 22.9. The van der Waals surface area contributed by atoms with E-state index in [1.807, 2.05) is 6.07 Å². The summed E-state index contributed by atoms with van der Waals surface area (Å²) in [6.45, 7) is 0. The second kappa shape index (κ2) is 10.1. The molecule has 7 aromatic carbocycles. The van der Waals surface area contributed by atoms with E-state index in [1.54, 1.807) is 0 Å². The van der Waals surface area contributed by atoms with Crippen molar-refractivity contribution in [3.63, 3.8) is 0 Å². The van der Waals surface area contributed by atoms with E-state index in [4.69, 9.17) is 4.42 Å². The van der Waals surface area contributed by atoms with Crippen LogP contribution in [-0.2, 0) is 0 Å². The van der Waals surface area contributed by atoms with Crippen LogP contribution in [0.3, 0.4) is 0 Å². The van der Waals surface area contributed by atoms with Gasteiger partial charge in [-0.25, -0.2) is 0 Å². The lowest BCUT2D eigenvalue weighted by atomic mass is 9.95. The highest BCUT2D eigenvalue weighted by Gasteiger charge is 2.17. The number of rotatable bonds is 5. The van der Waals surface area contributed by atoms with E-state index in [1.165, 1.54) is 27.6 Å². The monoisotopic (exact) mass is 537 g/mol. The van der Waals surface area contributed by atoms with Crippen LogP contribution >= 0.6 is 0 Å². The van der Waals surface area contributed by atoms with Crippen LogP contribution in [0.15, 0.2) is 162 Å². The van der Waals surface area contributed by atoms with Gasteiger partial charge in [-0.3, -0.25) is 0 Å². The molecule has 42 heavy (non-hydrogen) atoms. The van der Waals surface area contributed by atoms with Crippen LogP contribution in [0.5, 0.6) is 0 Å². The van der Waals surface area contributed by atoms with Gasteiger partial charge in [0.1, 0.15) is 11.2 Å². The Morgan fingerprint density at radius 1 is 0.405 bits per heavy atom. The lowest BCUT2D eigenvalue weighted by Crippen LogP contribution is -1.92. The highest BCUT2D eigenvalue weighted by molar-refractivity contribution is 6.19. The third-order valence-electron chi connectivity index (χ3n) is 8.05. The van der Waals surface area contributed by atoms with E-state index >= 15 is 0 Å². The van der Waals surface area contributed by atoms with Crippen molar-refractivity contribution in [1.82, 2.24) is 0 Å². The van der Waals surface area contributed by atoms with Gasteiger partial charge in [0.2, 0.25) is 0 Å². The summed E-state index contributed by atoms with van der Waals surface area (Å²) < 4.78 is 6.64. The summed E-state index contributed by atoms with van der Waals surface area (Å²) in [4.78, 5) is 0. The second-order valence-electron chi connectivity index (χ2n) is 10.7. The van der Waals surface area contributed by atoms with E-state index in [-0.39, 0.29) is 0 Å². The molecule has 0 radical (unpaired) electrons. The first-order valence-electron chi connectivity index (χ1n) is 14.3. The van der Waals surface area contributed by atoms with Gasteiger partial charge in [-0.05, 0) is 63.0 Å². The summed E-state index contributed by atoms with van der Waals surface area (Å²) in [6, 6.07) is 55.6. The molecular weight excluding hydrogens is 510 g/mol. The zero-order valence-corrected chi connectivity index (χ0v) is 22.9. The number of nitrogens with one attached hydrogen (secondary N) is 1. The van der Waals surface area contributed by atoms with Crippen LogP contribution in [0.1, 0.15) is 0 Å². The van der Waals surface area contributed by atoms with Crippen molar-refractivity contribution in [1.29, 1.82) is 0 Å². The molecule has 1 N–H and O–H groups in total. The number of benzene rings is 7. The van der Waals surface area contributed by atoms with Crippen molar-refractivity contribution < 1.29 is 4.42 Å². The molecular formula is C40H27NO. The van der Waals surface area contributed by atoms with E-state index in [0.717, 1.165) is 49.8 Å². The zero-order chi connectivity index (χ0) is 27.9. The normalized spacial score (nSPS) is 11.3. The van der Waals surface area contributed by atoms with Crippen molar-refractivity contribution in [2.75, 3.05) is 5.32 Å². The molecule has 0 spiro atoms. The largest absolute Gasteiger partial charge is 0.455 e. The van der Waals surface area contributed by atoms with E-state index < -0.39 is 0 Å². The minimum atomic E-state index is 0.870. The van der Waals surface area contributed by atoms with Gasteiger partial charge in [-0.15, -0.1) is 0 Å². The molecule has 198 valence electrons. The van der Waals surface area contributed by atoms with Crippen LogP contribution in [0.4, 0.5) is 11.4 Å². The maximum absolute atomic E-state index is 6.64. The number of hydrogen-bond donors (Lipinski definition) is 1. The molecule has 0 unspecified atom stereocenters. The van der Waals surface area contributed by atoms with Gasteiger partial charge in [0.25, 0.3) is 0 Å². The number of furan rings is 1. The molecule has 8 rings (SSSR count). The molecule has 0 aliphatic carbocycles. The smallest absolute Gasteiger partial charge is 0.143 e. The van der Waals surface area contributed by atoms with Crippen molar-refractivity contribution in [2.24, 2.45) is 0 Å². The average molecular weight is 538 g/mol. The van der Waals surface area contributed by atoms with Gasteiger partial charge in [-0.2, -0.15) is 0 Å². The fraction of sp³-hybridized carbons (Fsp3) is 0. The van der Waals surface area contributed by atoms with E-state index in [2.05, 4.69) is 157 Å². The summed E-state index contributed by atoms with van der Waals surface area (Å²) in [5.41, 5.74) is 10.9. The van der Waals surface area contributed by atoms with Gasteiger partial charge in [-0.1, -0.05) is 127 Å². The Labute approximate surface area is 244 Å². The third-order valence-corrected chi connectivity index (χ3v) is 8.05. The summed E-state index contributed by atoms with van der Waals surface area (Å²) >= 11 is 0. The van der Waals surface area contributed by atoms with Crippen molar-refractivity contribution in [2.45, 2.75) is 0 Å². The molecule has 0 fully saturated rings. The highest BCUT2D eigenvalue weighted by atomic mass is 16.3. The lowest BCUT2D eigenvalue weighted by molar-refractivity contribution is 0.673. The molecule has 1 aromatic heterocycles. The Bertz CT molecular complexity index is 2180. The fourth-order valence-corrected chi connectivity index (χ4v) is 5.95. The standard InChI is InChI=1S/C40H27NO/c1-3-9-27(10-4-1)29-15-17-32(18-16-29)37-25-34(41-33-22-19-30(20-23-33)28-11-5-2-6-12-28)26-38-39(37)36-24-21-31-13-7-8-14-35(31)40(36)42-38/h1-26,41H. The van der Waals surface area contributed by atoms with Crippen LogP contribution in [0.25, 0.3) is 66.1 Å². The van der Waals surface area contributed by atoms with E-state index in [0.29, 0.717) is 0 Å². The van der Waals surface area contributed by atoms with Gasteiger partial charge >= 0.3 is 0 Å². The molecule has 2 nitrogen and oxygen atoms in total. The summed E-state index contributed by atoms with van der Waals surface area (Å²) in [6.07, 6.45) is 0. The minimum absolute atomic E-state index is 0.870. The predicted octanol–water partition coefficient (Wildman–Crippen LogP) is 11.5. The summed E-state index contributed by atoms with van der Waals surface area (Å²) in [5.74, 6) is 0. The maximum Gasteiger partial charge on any atom is 0.143 e. The molecule has 0 saturated heterocycles. The Balaban J connectivity index is 1.26. The number of hydrogen-bond acceptors (Lipinski definition) is 2. The Morgan fingerprint density at radius 2 is 0.976 bits per heavy atom. The van der Waals surface area contributed by atoms with Crippen molar-refractivity contribution >= 4 is 44.1 Å². The average Bonchev–Trinajstić information content (AvgIpc) is 3.45. The van der Waals surface area contributed by atoms with Gasteiger partial charge in [0.15, 0.2) is 0 Å². The second-order valence-corrected chi connectivity index (χ2v) is 10.7.